The van der Waals surface area contributed by atoms with Crippen molar-refractivity contribution in [3.8, 4) is 51.1 Å². The van der Waals surface area contributed by atoms with Crippen LogP contribution in [0, 0.1) is 79.9 Å². The molecule has 16 rings (SSSR count). The summed E-state index contributed by atoms with van der Waals surface area (Å²) in [5.74, 6) is 0. The molecule has 0 saturated carbocycles. The van der Waals surface area contributed by atoms with Crippen LogP contribution in [0.15, 0.2) is 206 Å². The second-order valence-electron chi connectivity index (χ2n) is 26.7. The van der Waals surface area contributed by atoms with Gasteiger partial charge in [-0.1, -0.05) is 93.0 Å². The van der Waals surface area contributed by atoms with Crippen LogP contribution in [0.5, 0.6) is 0 Å². The summed E-state index contributed by atoms with van der Waals surface area (Å²) in [7, 11) is 0. The summed E-state index contributed by atoms with van der Waals surface area (Å²) in [6.45, 7) is 31.3. The fourth-order valence-corrected chi connectivity index (χ4v) is 14.8. The summed E-state index contributed by atoms with van der Waals surface area (Å²) in [6.07, 6.45) is -14.3. The van der Waals surface area contributed by atoms with Crippen LogP contribution in [-0.2, 0) is 18.5 Å². The predicted molar refractivity (Wildman–Crippen MR) is 391 cm³/mol. The van der Waals surface area contributed by atoms with E-state index in [4.69, 9.17) is 13.1 Å². The molecule has 0 unspecified atom stereocenters. The third-order valence-electron chi connectivity index (χ3n) is 19.2. The van der Waals surface area contributed by atoms with Crippen molar-refractivity contribution in [1.29, 1.82) is 5.26 Å². The Balaban J connectivity index is 0.000000165. The highest BCUT2D eigenvalue weighted by atomic mass is 19.4. The lowest BCUT2D eigenvalue weighted by atomic mass is 9.95. The van der Waals surface area contributed by atoms with Crippen molar-refractivity contribution in [2.45, 2.75) is 73.9 Å². The molecule has 500 valence electrons. The maximum Gasteiger partial charge on any atom is 0.416 e. The van der Waals surface area contributed by atoms with Crippen molar-refractivity contribution < 1.29 is 39.5 Å². The molecule has 7 nitrogen and oxygen atoms in total. The van der Waals surface area contributed by atoms with Crippen molar-refractivity contribution in [3.63, 3.8) is 0 Å². The Bertz CT molecular complexity index is 5890. The first-order chi connectivity index (χ1) is 48.6. The summed E-state index contributed by atoms with van der Waals surface area (Å²) in [6, 6.07) is 61.5. The van der Waals surface area contributed by atoms with Crippen molar-refractivity contribution >= 4 is 98.6 Å². The number of hydrogen-bond acceptors (Lipinski definition) is 1. The molecule has 16 heteroatoms. The Kier molecular flexibility index (Phi) is 15.4. The molecule has 4 aromatic heterocycles. The predicted octanol–water partition coefficient (Wildman–Crippen LogP) is 25.6. The molecule has 0 N–H and O–H groups in total. The molecule has 4 heterocycles. The summed E-state index contributed by atoms with van der Waals surface area (Å²) >= 11 is 0. The first-order valence-electron chi connectivity index (χ1n) is 32.7. The molecule has 0 saturated heterocycles. The van der Waals surface area contributed by atoms with E-state index in [0.29, 0.717) is 44.6 Å². The minimum absolute atomic E-state index is 0.0296. The number of halogens is 9. The lowest BCUT2D eigenvalue weighted by Gasteiger charge is -2.23. The Morgan fingerprint density at radius 2 is 0.490 bits per heavy atom. The third-order valence-corrected chi connectivity index (χ3v) is 19.2. The molecule has 0 fully saturated rings. The average molecular weight is 1360 g/mol. The maximum absolute atomic E-state index is 15.2. The van der Waals surface area contributed by atoms with Crippen LogP contribution >= 0.6 is 0 Å². The molecule has 16 aromatic rings. The van der Waals surface area contributed by atoms with Gasteiger partial charge in [0.15, 0.2) is 11.4 Å². The summed E-state index contributed by atoms with van der Waals surface area (Å²) in [4.78, 5) is 6.84. The number of alkyl halides is 9. The van der Waals surface area contributed by atoms with E-state index in [1.54, 1.807) is 21.3 Å². The maximum atomic E-state index is 15.2. The molecule has 0 aliphatic rings. The monoisotopic (exact) mass is 1360 g/mol. The van der Waals surface area contributed by atoms with Gasteiger partial charge in [-0.2, -0.15) is 44.8 Å². The highest BCUT2D eigenvalue weighted by Gasteiger charge is 2.37. The van der Waals surface area contributed by atoms with Crippen LogP contribution < -0.4 is 0 Å². The van der Waals surface area contributed by atoms with Crippen molar-refractivity contribution in [2.75, 3.05) is 0 Å². The van der Waals surface area contributed by atoms with E-state index in [-0.39, 0.29) is 39.4 Å². The van der Waals surface area contributed by atoms with Crippen LogP contribution in [0.2, 0.25) is 0 Å². The number of benzene rings is 12. The van der Waals surface area contributed by atoms with Crippen LogP contribution in [0.1, 0.15) is 66.8 Å². The van der Waals surface area contributed by atoms with Crippen LogP contribution in [0.4, 0.5) is 50.9 Å². The molecule has 0 amide bonds. The second kappa shape index (κ2) is 24.0. The first-order valence-corrected chi connectivity index (χ1v) is 32.7. The Hall–Kier alpha value is -12.3. The first kappa shape index (κ1) is 65.6. The average Bonchev–Trinajstić information content (AvgIpc) is 1.53. The van der Waals surface area contributed by atoms with Gasteiger partial charge in [-0.3, -0.25) is 0 Å². The fraction of sp³-hybridized carbons (Fsp3) is 0.128. The highest BCUT2D eigenvalue weighted by Crippen LogP contribution is 2.50. The largest absolute Gasteiger partial charge is 0.416 e. The normalized spacial score (nSPS) is 12.1. The summed E-state index contributed by atoms with van der Waals surface area (Å²) in [5, 5.41) is 17.6. The van der Waals surface area contributed by atoms with Gasteiger partial charge in [0, 0.05) is 65.3 Å². The van der Waals surface area contributed by atoms with E-state index in [1.807, 2.05) is 186 Å². The molecule has 0 aliphatic heterocycles. The van der Waals surface area contributed by atoms with Gasteiger partial charge in [0.1, 0.15) is 0 Å². The third kappa shape index (κ3) is 11.1. The fourth-order valence-electron chi connectivity index (χ4n) is 14.8. The molecule has 0 atom stereocenters. The second-order valence-corrected chi connectivity index (χ2v) is 26.7. The Morgan fingerprint density at radius 3 is 0.686 bits per heavy atom. The zero-order valence-corrected chi connectivity index (χ0v) is 56.2. The molecule has 0 bridgehead atoms. The molecular weight excluding hydrogens is 1300 g/mol. The van der Waals surface area contributed by atoms with E-state index < -0.39 is 35.2 Å². The molecule has 102 heavy (non-hydrogen) atoms. The zero-order chi connectivity index (χ0) is 71.9. The number of rotatable bonds is 6. The number of aryl methyl sites for hydroxylation is 8. The molecule has 0 radical (unpaired) electrons. The topological polar surface area (TPSA) is 52.2 Å². The van der Waals surface area contributed by atoms with Gasteiger partial charge >= 0.3 is 18.5 Å². The number of hydrogen-bond donors (Lipinski definition) is 0. The minimum atomic E-state index is -4.83. The van der Waals surface area contributed by atoms with Gasteiger partial charge < -0.3 is 18.3 Å². The van der Waals surface area contributed by atoms with Gasteiger partial charge in [0.25, 0.3) is 0 Å². The molecule has 0 spiro atoms. The van der Waals surface area contributed by atoms with E-state index in [2.05, 4.69) is 40.0 Å². The SMILES string of the molecule is [C-]#[N+]c1cc(-c2c(-n3c4ccc(C)cc4c4cc(C)ccc43)cc(C#N)cc2-n2c3ccc(C)cc3c3cc(C)ccc32)cc(C(F)(F)F)c1.[C-]#[N+]c1cc(-c2c(-n3c4ccc(C)cc4c4cc(C)ccc43)cc(C(F)(F)F)cc2-n2c3ccc(C)cc3c3cc(C)ccc32)cc(C(F)(F)F)c1. The number of nitrogens with zero attached hydrogens (tertiary/aromatic N) is 7. The molecule has 0 aliphatic carbocycles. The number of aromatic nitrogens is 4. The quantitative estimate of drug-likeness (QED) is 0.121. The van der Waals surface area contributed by atoms with Gasteiger partial charge in [-0.05, 0) is 224 Å². The zero-order valence-electron chi connectivity index (χ0n) is 56.2. The number of fused-ring (bicyclic) bond motifs is 12. The van der Waals surface area contributed by atoms with E-state index in [9.17, 15) is 31.6 Å². The number of nitriles is 1. The van der Waals surface area contributed by atoms with Gasteiger partial charge in [0.05, 0.1) is 97.2 Å². The van der Waals surface area contributed by atoms with Crippen molar-refractivity contribution in [1.82, 2.24) is 18.3 Å². The van der Waals surface area contributed by atoms with Crippen LogP contribution in [0.25, 0.3) is 142 Å². The van der Waals surface area contributed by atoms with E-state index in [0.717, 1.165) is 146 Å². The van der Waals surface area contributed by atoms with Crippen molar-refractivity contribution in [3.05, 3.63) is 296 Å². The lowest BCUT2D eigenvalue weighted by Crippen LogP contribution is -2.11. The van der Waals surface area contributed by atoms with Crippen LogP contribution in [-0.4, -0.2) is 18.3 Å². The molecular formula is C86H58F9N7. The van der Waals surface area contributed by atoms with Gasteiger partial charge in [-0.15, -0.1) is 0 Å². The smallest absolute Gasteiger partial charge is 0.309 e. The standard InChI is InChI=1S/C43H29F6N3.C43H29F3N4/c1-23-6-10-35-31(14-23)32-15-24(2)7-11-36(32)51(35)39-21-29(43(47,48)49)22-40(41(39)27-18-28(42(44,45)46)20-30(19-27)50-5)52-37-12-8-25(3)16-33(37)34-17-26(4)9-13-38(34)52;1-24-6-10-36-32(14-24)33-15-25(2)7-11-37(33)49(36)40-18-28(23-47)19-41(42(40)29-20-30(43(44,45)46)22-31(21-29)48-5)50-38-12-8-26(3)16-34(38)35-17-27(4)9-13-39(35)50/h6-22H,1-4H3;6-22H,1-4H3. The van der Waals surface area contributed by atoms with Crippen molar-refractivity contribution in [2.24, 2.45) is 0 Å². The van der Waals surface area contributed by atoms with E-state index in [1.165, 1.54) is 12.1 Å². The molecule has 12 aromatic carbocycles. The van der Waals surface area contributed by atoms with E-state index >= 15 is 13.2 Å². The van der Waals surface area contributed by atoms with Gasteiger partial charge in [-0.25, -0.2) is 9.69 Å². The minimum Gasteiger partial charge on any atom is -0.309 e. The lowest BCUT2D eigenvalue weighted by molar-refractivity contribution is -0.138. The summed E-state index contributed by atoms with van der Waals surface area (Å²) in [5.41, 5.74) is 12.7. The highest BCUT2D eigenvalue weighted by molar-refractivity contribution is 6.15. The van der Waals surface area contributed by atoms with Gasteiger partial charge in [0.2, 0.25) is 0 Å². The summed E-state index contributed by atoms with van der Waals surface area (Å²) < 4.78 is 140. The van der Waals surface area contributed by atoms with Crippen LogP contribution in [0.3, 0.4) is 0 Å². The Morgan fingerprint density at radius 1 is 0.284 bits per heavy atom. The Labute approximate surface area is 579 Å².